The van der Waals surface area contributed by atoms with Crippen LogP contribution in [0.15, 0.2) is 36.0 Å². The lowest BCUT2D eigenvalue weighted by atomic mass is 10.2. The standard InChI is InChI=1S/C14H15N5S/c1-10-4-5-13(19-18-10)15-7-6-11-14(17-9-16-11)12-3-2-8-20-12/h2-5,8-9H,6-7H2,1H3,(H,15,19)(H,16,17). The molecule has 6 heteroatoms. The zero-order valence-electron chi connectivity index (χ0n) is 11.1. The van der Waals surface area contributed by atoms with Crippen LogP contribution in [-0.4, -0.2) is 26.7 Å². The molecular weight excluding hydrogens is 270 g/mol. The van der Waals surface area contributed by atoms with E-state index < -0.39 is 0 Å². The lowest BCUT2D eigenvalue weighted by molar-refractivity contribution is 0.932. The van der Waals surface area contributed by atoms with Crippen molar-refractivity contribution in [2.24, 2.45) is 0 Å². The number of thiophene rings is 1. The van der Waals surface area contributed by atoms with Crippen molar-refractivity contribution in [2.45, 2.75) is 13.3 Å². The normalized spacial score (nSPS) is 10.7. The molecule has 3 rings (SSSR count). The summed E-state index contributed by atoms with van der Waals surface area (Å²) < 4.78 is 0. The molecule has 20 heavy (non-hydrogen) atoms. The second-order valence-electron chi connectivity index (χ2n) is 4.44. The number of hydrogen-bond donors (Lipinski definition) is 2. The minimum atomic E-state index is 0.790. The molecule has 3 heterocycles. The molecule has 0 radical (unpaired) electrons. The Balaban J connectivity index is 1.62. The molecule has 0 unspecified atom stereocenters. The molecular formula is C14H15N5S. The highest BCUT2D eigenvalue weighted by Gasteiger charge is 2.08. The molecule has 0 amide bonds. The minimum Gasteiger partial charge on any atom is -0.368 e. The summed E-state index contributed by atoms with van der Waals surface area (Å²) in [5.41, 5.74) is 3.10. The Kier molecular flexibility index (Phi) is 3.73. The SMILES string of the molecule is Cc1ccc(NCCc2[nH]cnc2-c2cccs2)nn1. The van der Waals surface area contributed by atoms with Crippen molar-refractivity contribution >= 4 is 17.2 Å². The van der Waals surface area contributed by atoms with Crippen molar-refractivity contribution in [3.8, 4) is 10.6 Å². The summed E-state index contributed by atoms with van der Waals surface area (Å²) >= 11 is 1.70. The van der Waals surface area contributed by atoms with Crippen LogP contribution in [0, 0.1) is 6.92 Å². The van der Waals surface area contributed by atoms with Gasteiger partial charge in [-0.15, -0.1) is 16.4 Å². The molecule has 0 atom stereocenters. The number of aryl methyl sites for hydroxylation is 1. The maximum absolute atomic E-state index is 4.40. The molecule has 3 aromatic heterocycles. The van der Waals surface area contributed by atoms with E-state index in [1.807, 2.05) is 25.1 Å². The summed E-state index contributed by atoms with van der Waals surface area (Å²) in [6.07, 6.45) is 2.61. The van der Waals surface area contributed by atoms with E-state index in [-0.39, 0.29) is 0 Å². The van der Waals surface area contributed by atoms with Crippen LogP contribution in [0.5, 0.6) is 0 Å². The smallest absolute Gasteiger partial charge is 0.148 e. The van der Waals surface area contributed by atoms with Crippen molar-refractivity contribution in [3.05, 3.63) is 47.4 Å². The maximum Gasteiger partial charge on any atom is 0.148 e. The average molecular weight is 285 g/mol. The fourth-order valence-corrected chi connectivity index (χ4v) is 2.69. The van der Waals surface area contributed by atoms with Crippen LogP contribution in [0.4, 0.5) is 5.82 Å². The first-order valence-electron chi connectivity index (χ1n) is 6.43. The van der Waals surface area contributed by atoms with Crippen LogP contribution < -0.4 is 5.32 Å². The monoisotopic (exact) mass is 285 g/mol. The number of anilines is 1. The van der Waals surface area contributed by atoms with Gasteiger partial charge in [-0.2, -0.15) is 5.10 Å². The first-order valence-corrected chi connectivity index (χ1v) is 7.31. The molecule has 5 nitrogen and oxygen atoms in total. The zero-order valence-corrected chi connectivity index (χ0v) is 11.9. The predicted molar refractivity (Wildman–Crippen MR) is 80.9 cm³/mol. The first kappa shape index (κ1) is 12.8. The van der Waals surface area contributed by atoms with Gasteiger partial charge in [-0.05, 0) is 30.5 Å². The van der Waals surface area contributed by atoms with E-state index in [9.17, 15) is 0 Å². The van der Waals surface area contributed by atoms with Gasteiger partial charge in [-0.25, -0.2) is 4.98 Å². The summed E-state index contributed by atoms with van der Waals surface area (Å²) in [5.74, 6) is 0.799. The van der Waals surface area contributed by atoms with Gasteiger partial charge in [0.05, 0.1) is 16.9 Å². The summed E-state index contributed by atoms with van der Waals surface area (Å²) in [5, 5.41) is 13.4. The van der Waals surface area contributed by atoms with E-state index in [4.69, 9.17) is 0 Å². The summed E-state index contributed by atoms with van der Waals surface area (Å²) in [7, 11) is 0. The van der Waals surface area contributed by atoms with E-state index >= 15 is 0 Å². The molecule has 0 spiro atoms. The second kappa shape index (κ2) is 5.83. The van der Waals surface area contributed by atoms with Crippen LogP contribution >= 0.6 is 11.3 Å². The minimum absolute atomic E-state index is 0.790. The van der Waals surface area contributed by atoms with Gasteiger partial charge in [0, 0.05) is 18.7 Å². The molecule has 3 aromatic rings. The molecule has 0 fully saturated rings. The lowest BCUT2D eigenvalue weighted by Gasteiger charge is -2.05. The second-order valence-corrected chi connectivity index (χ2v) is 5.39. The van der Waals surface area contributed by atoms with Crippen molar-refractivity contribution < 1.29 is 0 Å². The highest BCUT2D eigenvalue weighted by Crippen LogP contribution is 2.25. The van der Waals surface area contributed by atoms with Gasteiger partial charge in [-0.1, -0.05) is 6.07 Å². The Labute approximate surface area is 121 Å². The third kappa shape index (κ3) is 2.85. The van der Waals surface area contributed by atoms with Gasteiger partial charge >= 0.3 is 0 Å². The summed E-state index contributed by atoms with van der Waals surface area (Å²) in [6, 6.07) is 8.01. The molecule has 0 saturated heterocycles. The predicted octanol–water partition coefficient (Wildman–Crippen LogP) is 2.89. The quantitative estimate of drug-likeness (QED) is 0.756. The van der Waals surface area contributed by atoms with Crippen LogP contribution in [0.1, 0.15) is 11.4 Å². The zero-order chi connectivity index (χ0) is 13.8. The molecule has 0 saturated carbocycles. The number of nitrogens with one attached hydrogen (secondary N) is 2. The largest absolute Gasteiger partial charge is 0.368 e. The Morgan fingerprint density at radius 2 is 2.20 bits per heavy atom. The molecule has 102 valence electrons. The highest BCUT2D eigenvalue weighted by atomic mass is 32.1. The number of aromatic nitrogens is 4. The fourth-order valence-electron chi connectivity index (χ4n) is 1.95. The van der Waals surface area contributed by atoms with E-state index in [0.717, 1.165) is 35.9 Å². The number of hydrogen-bond acceptors (Lipinski definition) is 5. The van der Waals surface area contributed by atoms with E-state index in [1.54, 1.807) is 17.7 Å². The molecule has 0 aliphatic carbocycles. The number of aromatic amines is 1. The maximum atomic E-state index is 4.40. The lowest BCUT2D eigenvalue weighted by Crippen LogP contribution is -2.07. The number of imidazole rings is 1. The molecule has 0 bridgehead atoms. The van der Waals surface area contributed by atoms with Crippen LogP contribution in [-0.2, 0) is 6.42 Å². The Hall–Kier alpha value is -2.21. The highest BCUT2D eigenvalue weighted by molar-refractivity contribution is 7.13. The van der Waals surface area contributed by atoms with Gasteiger partial charge in [0.1, 0.15) is 11.5 Å². The van der Waals surface area contributed by atoms with Crippen LogP contribution in [0.25, 0.3) is 10.6 Å². The third-order valence-electron chi connectivity index (χ3n) is 2.95. The van der Waals surface area contributed by atoms with Gasteiger partial charge < -0.3 is 10.3 Å². The van der Waals surface area contributed by atoms with Crippen LogP contribution in [0.2, 0.25) is 0 Å². The van der Waals surface area contributed by atoms with E-state index in [2.05, 4.69) is 36.9 Å². The van der Waals surface area contributed by atoms with E-state index in [0.29, 0.717) is 0 Å². The molecule has 0 aliphatic heterocycles. The fraction of sp³-hybridized carbons (Fsp3) is 0.214. The van der Waals surface area contributed by atoms with Crippen molar-refractivity contribution in [1.82, 2.24) is 20.2 Å². The van der Waals surface area contributed by atoms with Gasteiger partial charge in [-0.3, -0.25) is 0 Å². The van der Waals surface area contributed by atoms with Gasteiger partial charge in [0.15, 0.2) is 0 Å². The van der Waals surface area contributed by atoms with Crippen molar-refractivity contribution in [3.63, 3.8) is 0 Å². The van der Waals surface area contributed by atoms with Crippen LogP contribution in [0.3, 0.4) is 0 Å². The Morgan fingerprint density at radius 1 is 1.25 bits per heavy atom. The third-order valence-corrected chi connectivity index (χ3v) is 3.83. The summed E-state index contributed by atoms with van der Waals surface area (Å²) in [6.45, 7) is 2.72. The van der Waals surface area contributed by atoms with Gasteiger partial charge in [0.25, 0.3) is 0 Å². The number of H-pyrrole nitrogens is 1. The van der Waals surface area contributed by atoms with E-state index in [1.165, 1.54) is 4.88 Å². The molecule has 2 N–H and O–H groups in total. The Morgan fingerprint density at radius 3 is 2.95 bits per heavy atom. The molecule has 0 aromatic carbocycles. The molecule has 0 aliphatic rings. The topological polar surface area (TPSA) is 66.5 Å². The van der Waals surface area contributed by atoms with Crippen molar-refractivity contribution in [1.29, 1.82) is 0 Å². The average Bonchev–Trinajstić information content (AvgIpc) is 3.11. The van der Waals surface area contributed by atoms with Crippen molar-refractivity contribution in [2.75, 3.05) is 11.9 Å². The number of rotatable bonds is 5. The van der Waals surface area contributed by atoms with Gasteiger partial charge in [0.2, 0.25) is 0 Å². The Bertz CT molecular complexity index is 657. The summed E-state index contributed by atoms with van der Waals surface area (Å²) in [4.78, 5) is 8.80. The first-order chi connectivity index (χ1) is 9.83. The number of nitrogens with zero attached hydrogens (tertiary/aromatic N) is 3.